The largest absolute Gasteiger partial charge is 0.241 e. The van der Waals surface area contributed by atoms with Crippen molar-refractivity contribution in [2.24, 2.45) is 0 Å². The Bertz CT molecular complexity index is 889. The van der Waals surface area contributed by atoms with Crippen molar-refractivity contribution in [1.29, 1.82) is 0 Å². The number of aromatic nitrogens is 3. The molecule has 0 aliphatic heterocycles. The Balaban J connectivity index is 2.00. The van der Waals surface area contributed by atoms with Gasteiger partial charge in [-0.2, -0.15) is 5.10 Å². The molecule has 0 fully saturated rings. The van der Waals surface area contributed by atoms with Crippen molar-refractivity contribution >= 4 is 27.1 Å². The maximum Gasteiger partial charge on any atom is 0.0907 e. The predicted molar refractivity (Wildman–Crippen MR) is 78.5 cm³/mol. The molecule has 92 valence electrons. The molecule has 1 aromatic carbocycles. The molecule has 4 aromatic rings. The van der Waals surface area contributed by atoms with Gasteiger partial charge in [0.25, 0.3) is 0 Å². The van der Waals surface area contributed by atoms with E-state index in [1.165, 1.54) is 4.70 Å². The highest BCUT2D eigenvalue weighted by molar-refractivity contribution is 7.18. The predicted octanol–water partition coefficient (Wildman–Crippen LogP) is 3.92. The molecule has 0 N–H and O–H groups in total. The van der Waals surface area contributed by atoms with Crippen LogP contribution in [0.15, 0.2) is 48.7 Å². The maximum atomic E-state index is 4.56. The van der Waals surface area contributed by atoms with E-state index in [-0.39, 0.29) is 0 Å². The standard InChI is InChI=1S/C15H11N3S/c1-10-17-13-9-11(5-6-15(13)19-10)14-4-2-3-12-7-8-16-18(12)14/h2-9H,1H3. The third-order valence-electron chi connectivity index (χ3n) is 3.21. The molecule has 0 aliphatic carbocycles. The second-order valence-electron chi connectivity index (χ2n) is 4.49. The van der Waals surface area contributed by atoms with Gasteiger partial charge in [-0.1, -0.05) is 12.1 Å². The fourth-order valence-corrected chi connectivity index (χ4v) is 3.18. The Morgan fingerprint density at radius 2 is 2.05 bits per heavy atom. The quantitative estimate of drug-likeness (QED) is 0.522. The third kappa shape index (κ3) is 1.64. The second kappa shape index (κ2) is 3.90. The van der Waals surface area contributed by atoms with Crippen molar-refractivity contribution in [3.05, 3.63) is 53.7 Å². The molecule has 0 saturated carbocycles. The van der Waals surface area contributed by atoms with Gasteiger partial charge in [-0.3, -0.25) is 0 Å². The number of nitrogens with zero attached hydrogens (tertiary/aromatic N) is 3. The zero-order valence-electron chi connectivity index (χ0n) is 10.4. The molecule has 0 bridgehead atoms. The maximum absolute atomic E-state index is 4.56. The fourth-order valence-electron chi connectivity index (χ4n) is 2.37. The van der Waals surface area contributed by atoms with E-state index in [0.717, 1.165) is 27.3 Å². The van der Waals surface area contributed by atoms with Crippen LogP contribution in [-0.4, -0.2) is 14.6 Å². The first-order valence-corrected chi connectivity index (χ1v) is 6.93. The van der Waals surface area contributed by atoms with E-state index >= 15 is 0 Å². The van der Waals surface area contributed by atoms with Crippen molar-refractivity contribution in [2.75, 3.05) is 0 Å². The number of thiazole rings is 1. The summed E-state index contributed by atoms with van der Waals surface area (Å²) in [5.74, 6) is 0. The summed E-state index contributed by atoms with van der Waals surface area (Å²) < 4.78 is 3.19. The molecule has 3 heterocycles. The molecule has 3 aromatic heterocycles. The number of hydrogen-bond acceptors (Lipinski definition) is 3. The first kappa shape index (κ1) is 10.7. The zero-order valence-corrected chi connectivity index (χ0v) is 11.2. The van der Waals surface area contributed by atoms with Crippen LogP contribution < -0.4 is 0 Å². The van der Waals surface area contributed by atoms with Gasteiger partial charge >= 0.3 is 0 Å². The van der Waals surface area contributed by atoms with Crippen LogP contribution in [0.3, 0.4) is 0 Å². The van der Waals surface area contributed by atoms with Crippen molar-refractivity contribution in [1.82, 2.24) is 14.6 Å². The van der Waals surface area contributed by atoms with E-state index in [4.69, 9.17) is 0 Å². The van der Waals surface area contributed by atoms with E-state index in [1.54, 1.807) is 11.3 Å². The van der Waals surface area contributed by atoms with Gasteiger partial charge in [0.2, 0.25) is 0 Å². The highest BCUT2D eigenvalue weighted by Gasteiger charge is 2.07. The van der Waals surface area contributed by atoms with Crippen LogP contribution in [0, 0.1) is 6.92 Å². The Morgan fingerprint density at radius 3 is 3.00 bits per heavy atom. The first-order valence-electron chi connectivity index (χ1n) is 6.11. The van der Waals surface area contributed by atoms with Crippen LogP contribution in [-0.2, 0) is 0 Å². The Labute approximate surface area is 114 Å². The number of aryl methyl sites for hydroxylation is 1. The van der Waals surface area contributed by atoms with Gasteiger partial charge in [0.05, 0.1) is 32.6 Å². The lowest BCUT2D eigenvalue weighted by Gasteiger charge is -2.04. The number of pyridine rings is 1. The van der Waals surface area contributed by atoms with E-state index in [2.05, 4.69) is 46.5 Å². The molecular formula is C15H11N3S. The van der Waals surface area contributed by atoms with Crippen LogP contribution >= 0.6 is 11.3 Å². The molecule has 19 heavy (non-hydrogen) atoms. The lowest BCUT2D eigenvalue weighted by Crippen LogP contribution is -1.92. The Morgan fingerprint density at radius 1 is 1.11 bits per heavy atom. The summed E-state index contributed by atoms with van der Waals surface area (Å²) in [5, 5.41) is 5.48. The lowest BCUT2D eigenvalue weighted by molar-refractivity contribution is 0.970. The molecule has 4 heteroatoms. The van der Waals surface area contributed by atoms with E-state index in [9.17, 15) is 0 Å². The summed E-state index contributed by atoms with van der Waals surface area (Å²) in [5.41, 5.74) is 4.40. The molecule has 0 saturated heterocycles. The van der Waals surface area contributed by atoms with Crippen molar-refractivity contribution in [3.63, 3.8) is 0 Å². The lowest BCUT2D eigenvalue weighted by atomic mass is 10.1. The van der Waals surface area contributed by atoms with Crippen LogP contribution in [0.1, 0.15) is 5.01 Å². The average molecular weight is 265 g/mol. The van der Waals surface area contributed by atoms with E-state index in [0.29, 0.717) is 0 Å². The molecule has 0 amide bonds. The van der Waals surface area contributed by atoms with Crippen molar-refractivity contribution in [3.8, 4) is 11.3 Å². The van der Waals surface area contributed by atoms with Crippen molar-refractivity contribution < 1.29 is 0 Å². The van der Waals surface area contributed by atoms with Crippen LogP contribution in [0.4, 0.5) is 0 Å². The van der Waals surface area contributed by atoms with Gasteiger partial charge in [0.15, 0.2) is 0 Å². The van der Waals surface area contributed by atoms with E-state index < -0.39 is 0 Å². The van der Waals surface area contributed by atoms with Crippen LogP contribution in [0.5, 0.6) is 0 Å². The molecule has 4 rings (SSSR count). The number of rotatable bonds is 1. The topological polar surface area (TPSA) is 30.2 Å². The summed E-state index contributed by atoms with van der Waals surface area (Å²) >= 11 is 1.73. The summed E-state index contributed by atoms with van der Waals surface area (Å²) in [6, 6.07) is 14.6. The molecular weight excluding hydrogens is 254 g/mol. The number of fused-ring (bicyclic) bond motifs is 2. The Kier molecular flexibility index (Phi) is 2.19. The second-order valence-corrected chi connectivity index (χ2v) is 5.73. The molecule has 0 spiro atoms. The van der Waals surface area contributed by atoms with Gasteiger partial charge in [-0.05, 0) is 37.3 Å². The summed E-state index contributed by atoms with van der Waals surface area (Å²) in [7, 11) is 0. The average Bonchev–Trinajstić information content (AvgIpc) is 3.01. The number of benzene rings is 1. The number of hydrogen-bond donors (Lipinski definition) is 0. The zero-order chi connectivity index (χ0) is 12.8. The summed E-state index contributed by atoms with van der Waals surface area (Å²) in [4.78, 5) is 4.56. The molecule has 0 aliphatic rings. The molecule has 0 atom stereocenters. The Hall–Kier alpha value is -2.20. The summed E-state index contributed by atoms with van der Waals surface area (Å²) in [6.07, 6.45) is 1.82. The van der Waals surface area contributed by atoms with Gasteiger partial charge in [0.1, 0.15) is 0 Å². The normalized spacial score (nSPS) is 11.4. The van der Waals surface area contributed by atoms with E-state index in [1.807, 2.05) is 23.7 Å². The van der Waals surface area contributed by atoms with Crippen LogP contribution in [0.25, 0.3) is 27.0 Å². The SMILES string of the molecule is Cc1nc2cc(-c3cccc4ccnn34)ccc2s1. The summed E-state index contributed by atoms with van der Waals surface area (Å²) in [6.45, 7) is 2.04. The fraction of sp³-hybridized carbons (Fsp3) is 0.0667. The third-order valence-corrected chi connectivity index (χ3v) is 4.16. The first-order chi connectivity index (χ1) is 9.31. The molecule has 3 nitrogen and oxygen atoms in total. The highest BCUT2D eigenvalue weighted by atomic mass is 32.1. The van der Waals surface area contributed by atoms with Gasteiger partial charge in [0, 0.05) is 5.56 Å². The van der Waals surface area contributed by atoms with Crippen LogP contribution in [0.2, 0.25) is 0 Å². The highest BCUT2D eigenvalue weighted by Crippen LogP contribution is 2.27. The van der Waals surface area contributed by atoms with Gasteiger partial charge in [-0.25, -0.2) is 9.50 Å². The van der Waals surface area contributed by atoms with Gasteiger partial charge in [-0.15, -0.1) is 11.3 Å². The van der Waals surface area contributed by atoms with Gasteiger partial charge < -0.3 is 0 Å². The smallest absolute Gasteiger partial charge is 0.0907 e. The minimum atomic E-state index is 1.06. The van der Waals surface area contributed by atoms with Crippen molar-refractivity contribution in [2.45, 2.75) is 6.92 Å². The monoisotopic (exact) mass is 265 g/mol. The molecule has 0 radical (unpaired) electrons. The molecule has 0 unspecified atom stereocenters. The minimum absolute atomic E-state index is 1.06. The minimum Gasteiger partial charge on any atom is -0.241 e.